The van der Waals surface area contributed by atoms with E-state index in [1.54, 1.807) is 0 Å². The highest BCUT2D eigenvalue weighted by Crippen LogP contribution is 2.15. The summed E-state index contributed by atoms with van der Waals surface area (Å²) in [5, 5.41) is 19.2. The number of halogens is 1. The highest BCUT2D eigenvalue weighted by atomic mass is 127. The molecule has 0 radical (unpaired) electrons. The summed E-state index contributed by atoms with van der Waals surface area (Å²) >= 11 is 2.07. The summed E-state index contributed by atoms with van der Waals surface area (Å²) in [6, 6.07) is 0. The minimum atomic E-state index is -0.502. The Labute approximate surface area is 87.9 Å². The minimum Gasteiger partial charge on any atom is -0.392 e. The molecular formula is C6H8IN3O3. The lowest BCUT2D eigenvalue weighted by Gasteiger charge is -1.99. The third kappa shape index (κ3) is 2.15. The smallest absolute Gasteiger partial charge is 0.342 e. The fourth-order valence-corrected chi connectivity index (χ4v) is 1.61. The average molecular weight is 297 g/mol. The van der Waals surface area contributed by atoms with Crippen molar-refractivity contribution in [1.82, 2.24) is 9.55 Å². The molecule has 6 nitrogen and oxygen atoms in total. The second-order valence-corrected chi connectivity index (χ2v) is 3.06. The standard InChI is InChI=1S/C6H8IN3O3/c7-3-5-8-4-6(10(12)13)9(5)1-2-11/h4,11H,1-3H2. The Morgan fingerprint density at radius 2 is 2.46 bits per heavy atom. The molecule has 7 heteroatoms. The zero-order chi connectivity index (χ0) is 9.84. The molecule has 0 unspecified atom stereocenters. The highest BCUT2D eigenvalue weighted by Gasteiger charge is 2.18. The molecule has 0 aromatic carbocycles. The summed E-state index contributed by atoms with van der Waals surface area (Å²) in [6.45, 7) is 0.0927. The number of alkyl halides is 1. The Morgan fingerprint density at radius 1 is 1.77 bits per heavy atom. The molecule has 13 heavy (non-hydrogen) atoms. The van der Waals surface area contributed by atoms with Crippen molar-refractivity contribution in [2.24, 2.45) is 0 Å². The molecule has 0 aliphatic rings. The van der Waals surface area contributed by atoms with Crippen molar-refractivity contribution in [3.63, 3.8) is 0 Å². The van der Waals surface area contributed by atoms with Crippen LogP contribution in [0.15, 0.2) is 6.20 Å². The number of aliphatic hydroxyl groups is 1. The maximum Gasteiger partial charge on any atom is 0.342 e. The van der Waals surface area contributed by atoms with E-state index in [1.165, 1.54) is 10.8 Å². The fourth-order valence-electron chi connectivity index (χ4n) is 1.000. The molecule has 0 saturated heterocycles. The summed E-state index contributed by atoms with van der Waals surface area (Å²) in [6.07, 6.45) is 1.21. The summed E-state index contributed by atoms with van der Waals surface area (Å²) < 4.78 is 2.00. The number of hydrogen-bond acceptors (Lipinski definition) is 4. The van der Waals surface area contributed by atoms with Crippen molar-refractivity contribution in [2.45, 2.75) is 11.0 Å². The second-order valence-electron chi connectivity index (χ2n) is 2.30. The number of imidazole rings is 1. The summed E-state index contributed by atoms with van der Waals surface area (Å²) in [4.78, 5) is 13.9. The van der Waals surface area contributed by atoms with Crippen LogP contribution in [-0.2, 0) is 11.0 Å². The van der Waals surface area contributed by atoms with Gasteiger partial charge in [0, 0.05) is 0 Å². The molecule has 0 amide bonds. The van der Waals surface area contributed by atoms with E-state index in [4.69, 9.17) is 5.11 Å². The number of rotatable bonds is 4. The number of nitro groups is 1. The van der Waals surface area contributed by atoms with Crippen molar-refractivity contribution in [2.75, 3.05) is 6.61 Å². The van der Waals surface area contributed by atoms with Crippen molar-refractivity contribution in [3.05, 3.63) is 22.1 Å². The predicted molar refractivity (Wildman–Crippen MR) is 53.7 cm³/mol. The molecule has 1 aromatic heterocycles. The van der Waals surface area contributed by atoms with Crippen LogP contribution in [-0.4, -0.2) is 26.2 Å². The topological polar surface area (TPSA) is 81.2 Å². The van der Waals surface area contributed by atoms with Gasteiger partial charge in [-0.1, -0.05) is 22.6 Å². The molecule has 1 rings (SSSR count). The number of hydrogen-bond donors (Lipinski definition) is 1. The van der Waals surface area contributed by atoms with E-state index in [1.807, 2.05) is 0 Å². The van der Waals surface area contributed by atoms with Gasteiger partial charge in [0.25, 0.3) is 0 Å². The van der Waals surface area contributed by atoms with Crippen LogP contribution in [0.5, 0.6) is 0 Å². The van der Waals surface area contributed by atoms with E-state index in [0.29, 0.717) is 10.3 Å². The van der Waals surface area contributed by atoms with E-state index >= 15 is 0 Å². The Balaban J connectivity index is 3.06. The molecule has 0 spiro atoms. The van der Waals surface area contributed by atoms with E-state index in [0.717, 1.165) is 0 Å². The summed E-state index contributed by atoms with van der Waals surface area (Å²) in [5.74, 6) is 0.544. The molecule has 1 aromatic rings. The van der Waals surface area contributed by atoms with Crippen molar-refractivity contribution in [3.8, 4) is 0 Å². The van der Waals surface area contributed by atoms with E-state index in [-0.39, 0.29) is 19.0 Å². The molecule has 0 fully saturated rings. The van der Waals surface area contributed by atoms with Gasteiger partial charge in [0.15, 0.2) is 0 Å². The predicted octanol–water partition coefficient (Wildman–Crippen LogP) is 0.719. The number of aliphatic hydroxyl groups excluding tert-OH is 1. The van der Waals surface area contributed by atoms with Gasteiger partial charge in [0.1, 0.15) is 12.7 Å². The largest absolute Gasteiger partial charge is 0.392 e. The first-order chi connectivity index (χ1) is 6.20. The lowest BCUT2D eigenvalue weighted by atomic mass is 10.6. The van der Waals surface area contributed by atoms with Gasteiger partial charge < -0.3 is 15.2 Å². The summed E-state index contributed by atoms with van der Waals surface area (Å²) in [5.41, 5.74) is 0. The SMILES string of the molecule is O=[N+]([O-])c1cnc(CI)n1CCO. The van der Waals surface area contributed by atoms with Crippen LogP contribution in [0.3, 0.4) is 0 Å². The van der Waals surface area contributed by atoms with Gasteiger partial charge in [-0.2, -0.15) is 0 Å². The number of nitrogens with zero attached hydrogens (tertiary/aromatic N) is 3. The van der Waals surface area contributed by atoms with Gasteiger partial charge in [-0.25, -0.2) is 9.55 Å². The zero-order valence-corrected chi connectivity index (χ0v) is 8.84. The quantitative estimate of drug-likeness (QED) is 0.384. The molecule has 0 atom stereocenters. The molecular weight excluding hydrogens is 289 g/mol. The van der Waals surface area contributed by atoms with Gasteiger partial charge in [0.05, 0.1) is 11.0 Å². The highest BCUT2D eigenvalue weighted by molar-refractivity contribution is 14.1. The monoisotopic (exact) mass is 297 g/mol. The number of aromatic nitrogens is 2. The van der Waals surface area contributed by atoms with Crippen molar-refractivity contribution in [1.29, 1.82) is 0 Å². The van der Waals surface area contributed by atoms with Crippen LogP contribution in [0.1, 0.15) is 5.82 Å². The Hall–Kier alpha value is -0.700. The van der Waals surface area contributed by atoms with Crippen LogP contribution in [0, 0.1) is 10.1 Å². The van der Waals surface area contributed by atoms with Crippen molar-refractivity contribution >= 4 is 28.4 Å². The van der Waals surface area contributed by atoms with E-state index < -0.39 is 4.92 Å². The molecule has 0 saturated carbocycles. The zero-order valence-electron chi connectivity index (χ0n) is 6.68. The van der Waals surface area contributed by atoms with Gasteiger partial charge >= 0.3 is 5.82 Å². The Kier molecular flexibility index (Phi) is 3.60. The van der Waals surface area contributed by atoms with Crippen LogP contribution < -0.4 is 0 Å². The lowest BCUT2D eigenvalue weighted by molar-refractivity contribution is -0.392. The fraction of sp³-hybridized carbons (Fsp3) is 0.500. The molecule has 1 heterocycles. The van der Waals surface area contributed by atoms with Gasteiger partial charge in [0.2, 0.25) is 5.82 Å². The normalized spacial score (nSPS) is 10.3. The van der Waals surface area contributed by atoms with E-state index in [2.05, 4.69) is 27.6 Å². The van der Waals surface area contributed by atoms with Gasteiger partial charge in [-0.15, -0.1) is 0 Å². The average Bonchev–Trinajstić information content (AvgIpc) is 2.48. The van der Waals surface area contributed by atoms with Crippen LogP contribution >= 0.6 is 22.6 Å². The van der Waals surface area contributed by atoms with Crippen LogP contribution in [0.2, 0.25) is 0 Å². The lowest BCUT2D eigenvalue weighted by Crippen LogP contribution is -2.08. The maximum absolute atomic E-state index is 10.5. The first kappa shape index (κ1) is 10.4. The summed E-state index contributed by atoms with van der Waals surface area (Å²) in [7, 11) is 0. The third-order valence-electron chi connectivity index (χ3n) is 1.55. The van der Waals surface area contributed by atoms with Gasteiger partial charge in [-0.3, -0.25) is 0 Å². The molecule has 72 valence electrons. The Morgan fingerprint density at radius 3 is 2.92 bits per heavy atom. The first-order valence-electron chi connectivity index (χ1n) is 3.56. The second kappa shape index (κ2) is 4.51. The maximum atomic E-state index is 10.5. The van der Waals surface area contributed by atoms with Crippen LogP contribution in [0.4, 0.5) is 5.82 Å². The molecule has 0 aliphatic heterocycles. The van der Waals surface area contributed by atoms with Gasteiger partial charge in [-0.05, 0) is 4.92 Å². The van der Waals surface area contributed by atoms with Crippen LogP contribution in [0.25, 0.3) is 0 Å². The molecule has 1 N–H and O–H groups in total. The molecule has 0 aliphatic carbocycles. The third-order valence-corrected chi connectivity index (χ3v) is 2.23. The Bertz CT molecular complexity index is 312. The van der Waals surface area contributed by atoms with Crippen molar-refractivity contribution < 1.29 is 10.0 Å². The minimum absolute atomic E-state index is 0.0688. The first-order valence-corrected chi connectivity index (χ1v) is 5.09. The molecule has 0 bridgehead atoms. The van der Waals surface area contributed by atoms with E-state index in [9.17, 15) is 10.1 Å².